The number of carbonyl (C=O) groups is 1. The summed E-state index contributed by atoms with van der Waals surface area (Å²) in [7, 11) is 1.94. The van der Waals surface area contributed by atoms with Crippen LogP contribution in [-0.4, -0.2) is 60.5 Å². The van der Waals surface area contributed by atoms with Gasteiger partial charge >= 0.3 is 0 Å². The van der Waals surface area contributed by atoms with E-state index < -0.39 is 0 Å². The lowest BCUT2D eigenvalue weighted by molar-refractivity contribution is -0.122. The zero-order valence-corrected chi connectivity index (χ0v) is 22.0. The number of hydrogen-bond acceptors (Lipinski definition) is 5. The number of amides is 1. The summed E-state index contributed by atoms with van der Waals surface area (Å²) >= 11 is 0. The van der Waals surface area contributed by atoms with Gasteiger partial charge in [-0.05, 0) is 44.4 Å². The third kappa shape index (κ3) is 8.75. The van der Waals surface area contributed by atoms with Crippen molar-refractivity contribution in [1.29, 1.82) is 0 Å². The third-order valence-electron chi connectivity index (χ3n) is 5.22. The predicted octanol–water partition coefficient (Wildman–Crippen LogP) is 2.28. The van der Waals surface area contributed by atoms with E-state index in [1.165, 1.54) is 0 Å². The highest BCUT2D eigenvalue weighted by Gasteiger charge is 2.21. The largest absolute Gasteiger partial charge is 0.484 e. The van der Waals surface area contributed by atoms with Crippen LogP contribution in [0, 0.1) is 0 Å². The van der Waals surface area contributed by atoms with Crippen molar-refractivity contribution >= 4 is 41.5 Å². The van der Waals surface area contributed by atoms with Gasteiger partial charge in [-0.1, -0.05) is 12.1 Å². The summed E-state index contributed by atoms with van der Waals surface area (Å²) in [6.07, 6.45) is 6.20. The molecule has 1 fully saturated rings. The molecule has 10 heteroatoms. The highest BCUT2D eigenvalue weighted by Crippen LogP contribution is 2.19. The number of nitrogens with zero attached hydrogens (tertiary/aromatic N) is 4. The summed E-state index contributed by atoms with van der Waals surface area (Å²) < 4.78 is 7.43. The average molecular weight is 569 g/mol. The first-order valence-corrected chi connectivity index (χ1v) is 11.3. The lowest BCUT2D eigenvalue weighted by Crippen LogP contribution is -2.51. The second-order valence-corrected chi connectivity index (χ2v) is 7.89. The maximum Gasteiger partial charge on any atom is 0.257 e. The van der Waals surface area contributed by atoms with Crippen molar-refractivity contribution in [2.75, 3.05) is 37.7 Å². The van der Waals surface area contributed by atoms with E-state index in [0.29, 0.717) is 24.9 Å². The molecule has 1 saturated heterocycles. The summed E-state index contributed by atoms with van der Waals surface area (Å²) in [6, 6.07) is 8.03. The van der Waals surface area contributed by atoms with E-state index in [9.17, 15) is 4.79 Å². The molecule has 1 aromatic carbocycles. The molecular formula is C23H36IN7O2. The zero-order valence-electron chi connectivity index (χ0n) is 19.7. The van der Waals surface area contributed by atoms with Crippen molar-refractivity contribution in [3.05, 3.63) is 42.2 Å². The molecule has 0 spiro atoms. The first-order valence-electron chi connectivity index (χ1n) is 11.3. The fourth-order valence-corrected chi connectivity index (χ4v) is 3.72. The number of likely N-dealkylation sites (N-methyl/N-ethyl adjacent to an activating group) is 1. The van der Waals surface area contributed by atoms with Gasteiger partial charge in [0, 0.05) is 45.5 Å². The monoisotopic (exact) mass is 569 g/mol. The van der Waals surface area contributed by atoms with Gasteiger partial charge in [0.2, 0.25) is 0 Å². The van der Waals surface area contributed by atoms with Gasteiger partial charge in [-0.25, -0.2) is 4.99 Å². The van der Waals surface area contributed by atoms with Gasteiger partial charge in [-0.3, -0.25) is 9.48 Å². The second kappa shape index (κ2) is 13.9. The lowest BCUT2D eigenvalue weighted by Gasteiger charge is -2.34. The normalized spacial score (nSPS) is 16.0. The van der Waals surface area contributed by atoms with Gasteiger partial charge in [0.25, 0.3) is 5.91 Å². The molecule has 1 unspecified atom stereocenters. The summed E-state index contributed by atoms with van der Waals surface area (Å²) in [4.78, 5) is 18.7. The molecule has 0 aliphatic carbocycles. The van der Waals surface area contributed by atoms with Gasteiger partial charge in [0.15, 0.2) is 12.6 Å². The molecular weight excluding hydrogens is 533 g/mol. The van der Waals surface area contributed by atoms with Crippen molar-refractivity contribution < 1.29 is 9.53 Å². The Morgan fingerprint density at radius 3 is 2.82 bits per heavy atom. The number of nitrogens with one attached hydrogen (secondary N) is 3. The van der Waals surface area contributed by atoms with Crippen LogP contribution in [0.3, 0.4) is 0 Å². The van der Waals surface area contributed by atoms with Crippen molar-refractivity contribution in [3.63, 3.8) is 0 Å². The Balaban J connectivity index is 0.00000385. The van der Waals surface area contributed by atoms with Gasteiger partial charge in [0.05, 0.1) is 18.4 Å². The lowest BCUT2D eigenvalue weighted by atomic mass is 10.1. The molecule has 1 aromatic heterocycles. The second-order valence-electron chi connectivity index (χ2n) is 7.89. The zero-order chi connectivity index (χ0) is 22.8. The van der Waals surface area contributed by atoms with Crippen LogP contribution in [0.25, 0.3) is 0 Å². The standard InChI is InChI=1S/C23H35N7O2.HI/c1-4-24-22(31)17-32-21-10-6-8-18(12-21)13-26-23(25-5-2)28-19-9-7-11-30(15-19)20-14-27-29(3)16-20;/h6,8,10,12,14,16,19H,4-5,7,9,11,13,15,17H2,1-3H3,(H,24,31)(H2,25,26,28);1H. The van der Waals surface area contributed by atoms with E-state index in [0.717, 1.165) is 49.7 Å². The third-order valence-corrected chi connectivity index (χ3v) is 5.22. The average Bonchev–Trinajstić information content (AvgIpc) is 3.23. The maximum atomic E-state index is 11.6. The van der Waals surface area contributed by atoms with E-state index in [2.05, 4.69) is 39.1 Å². The molecule has 3 N–H and O–H groups in total. The summed E-state index contributed by atoms with van der Waals surface area (Å²) in [5, 5.41) is 14.0. The highest BCUT2D eigenvalue weighted by atomic mass is 127. The summed E-state index contributed by atoms with van der Waals surface area (Å²) in [5.41, 5.74) is 2.18. The maximum absolute atomic E-state index is 11.6. The Hall–Kier alpha value is -2.50. The highest BCUT2D eigenvalue weighted by molar-refractivity contribution is 14.0. The Kier molecular flexibility index (Phi) is 11.3. The first-order chi connectivity index (χ1) is 15.6. The van der Waals surface area contributed by atoms with Crippen molar-refractivity contribution in [2.45, 2.75) is 39.3 Å². The fraction of sp³-hybridized carbons (Fsp3) is 0.522. The number of aromatic nitrogens is 2. The topological polar surface area (TPSA) is 95.8 Å². The van der Waals surface area contributed by atoms with E-state index in [1.54, 1.807) is 0 Å². The molecule has 33 heavy (non-hydrogen) atoms. The van der Waals surface area contributed by atoms with Gasteiger partial charge in [0.1, 0.15) is 5.75 Å². The molecule has 3 rings (SSSR count). The van der Waals surface area contributed by atoms with Crippen LogP contribution in [0.2, 0.25) is 0 Å². The molecule has 1 aliphatic rings. The Morgan fingerprint density at radius 1 is 1.27 bits per heavy atom. The number of halogens is 1. The minimum absolute atomic E-state index is 0. The van der Waals surface area contributed by atoms with Gasteiger partial charge < -0.3 is 25.6 Å². The number of piperidine rings is 1. The van der Waals surface area contributed by atoms with Crippen molar-refractivity contribution in [1.82, 2.24) is 25.7 Å². The SMILES string of the molecule is CCNC(=O)COc1cccc(CN=C(NCC)NC2CCCN(c3cnn(C)c3)C2)c1.I. The minimum atomic E-state index is -0.123. The van der Waals surface area contributed by atoms with E-state index in [1.807, 2.05) is 49.1 Å². The van der Waals surface area contributed by atoms with Crippen LogP contribution < -0.4 is 25.6 Å². The van der Waals surface area contributed by atoms with Crippen LogP contribution in [0.15, 0.2) is 41.7 Å². The Labute approximate surface area is 213 Å². The van der Waals surface area contributed by atoms with E-state index in [-0.39, 0.29) is 36.5 Å². The van der Waals surface area contributed by atoms with Gasteiger partial charge in [-0.15, -0.1) is 24.0 Å². The van der Waals surface area contributed by atoms with Crippen LogP contribution in [0.5, 0.6) is 5.75 Å². The molecule has 1 amide bonds. The van der Waals surface area contributed by atoms with E-state index in [4.69, 9.17) is 9.73 Å². The van der Waals surface area contributed by atoms with Crippen LogP contribution in [0.1, 0.15) is 32.3 Å². The molecule has 2 aromatic rings. The molecule has 2 heterocycles. The summed E-state index contributed by atoms with van der Waals surface area (Å²) in [5.74, 6) is 1.35. The number of aliphatic imine (C=N–C) groups is 1. The molecule has 0 saturated carbocycles. The first kappa shape index (κ1) is 26.7. The number of benzene rings is 1. The number of ether oxygens (including phenoxy) is 1. The number of anilines is 1. The molecule has 182 valence electrons. The van der Waals surface area contributed by atoms with Crippen molar-refractivity contribution in [2.24, 2.45) is 12.0 Å². The molecule has 0 radical (unpaired) electrons. The van der Waals surface area contributed by atoms with Gasteiger partial charge in [-0.2, -0.15) is 5.10 Å². The Bertz CT molecular complexity index is 902. The van der Waals surface area contributed by atoms with Crippen LogP contribution in [-0.2, 0) is 18.4 Å². The minimum Gasteiger partial charge on any atom is -0.484 e. The molecule has 1 aliphatic heterocycles. The van der Waals surface area contributed by atoms with E-state index >= 15 is 0 Å². The number of rotatable bonds is 9. The quantitative estimate of drug-likeness (QED) is 0.244. The van der Waals surface area contributed by atoms with Crippen LogP contribution >= 0.6 is 24.0 Å². The predicted molar refractivity (Wildman–Crippen MR) is 142 cm³/mol. The molecule has 0 bridgehead atoms. The molecule has 1 atom stereocenters. The summed E-state index contributed by atoms with van der Waals surface area (Å²) in [6.45, 7) is 7.83. The van der Waals surface area contributed by atoms with Crippen molar-refractivity contribution in [3.8, 4) is 5.75 Å². The number of aryl methyl sites for hydroxylation is 1. The number of carbonyl (C=O) groups excluding carboxylic acids is 1. The van der Waals surface area contributed by atoms with Crippen LogP contribution in [0.4, 0.5) is 5.69 Å². The number of guanidine groups is 1. The number of hydrogen-bond donors (Lipinski definition) is 3. The molecule has 9 nitrogen and oxygen atoms in total. The smallest absolute Gasteiger partial charge is 0.257 e. The fourth-order valence-electron chi connectivity index (χ4n) is 3.72. The Morgan fingerprint density at radius 2 is 2.09 bits per heavy atom.